The van der Waals surface area contributed by atoms with E-state index < -0.39 is 12.2 Å². The minimum atomic E-state index is -0.760. The largest absolute Gasteiger partial charge is 0.516 e. The molecule has 3 N–H and O–H groups in total. The molecular weight excluding hydrogens is 745 g/mol. The fraction of sp³-hybridized carbons (Fsp3) is 0.477. The lowest BCUT2D eigenvalue weighted by molar-refractivity contribution is -0.0990. The molecule has 0 saturated heterocycles. The first-order valence-corrected chi connectivity index (χ1v) is 19.8. The molecule has 2 aromatic carbocycles. The number of aromatic hydroxyl groups is 1. The molecule has 13 heteroatoms. The third kappa shape index (κ3) is 8.08. The summed E-state index contributed by atoms with van der Waals surface area (Å²) in [6.07, 6.45) is 7.82. The topological polar surface area (TPSA) is 154 Å². The average molecular weight is 804 g/mol. The quantitative estimate of drug-likeness (QED) is 0.0436. The van der Waals surface area contributed by atoms with Gasteiger partial charge in [0.1, 0.15) is 33.9 Å². The highest BCUT2D eigenvalue weighted by molar-refractivity contribution is 7.42. The molecule has 0 aliphatic carbocycles. The van der Waals surface area contributed by atoms with Gasteiger partial charge in [-0.15, -0.1) is 0 Å². The van der Waals surface area contributed by atoms with E-state index in [9.17, 15) is 20.1 Å². The molecule has 1 unspecified atom stereocenters. The van der Waals surface area contributed by atoms with Gasteiger partial charge in [-0.05, 0) is 57.0 Å². The summed E-state index contributed by atoms with van der Waals surface area (Å²) < 4.78 is 31.1. The summed E-state index contributed by atoms with van der Waals surface area (Å²) >= 11 is 0. The lowest BCUT2D eigenvalue weighted by Gasteiger charge is -2.38. The Kier molecular flexibility index (Phi) is 13.9. The molecule has 4 aromatic rings. The van der Waals surface area contributed by atoms with Crippen molar-refractivity contribution in [3.8, 4) is 17.2 Å². The fourth-order valence-corrected chi connectivity index (χ4v) is 8.68. The van der Waals surface area contributed by atoms with Gasteiger partial charge >= 0.3 is 0 Å². The summed E-state index contributed by atoms with van der Waals surface area (Å²) in [6, 6.07) is 3.90. The van der Waals surface area contributed by atoms with Gasteiger partial charge in [0.05, 0.1) is 54.2 Å². The van der Waals surface area contributed by atoms with Crippen LogP contribution in [0.3, 0.4) is 0 Å². The van der Waals surface area contributed by atoms with Crippen molar-refractivity contribution in [1.29, 1.82) is 0 Å². The Morgan fingerprint density at radius 3 is 2.30 bits per heavy atom. The van der Waals surface area contributed by atoms with Gasteiger partial charge in [-0.1, -0.05) is 55.2 Å². The number of aryl methyl sites for hydroxylation is 1. The highest BCUT2D eigenvalue weighted by atomic mass is 31.0. The Labute approximate surface area is 337 Å². The predicted octanol–water partition coefficient (Wildman–Crippen LogP) is 8.36. The number of carbonyl (C=O) groups is 1. The number of ether oxygens (including phenoxy) is 5. The van der Waals surface area contributed by atoms with Crippen LogP contribution in [-0.4, -0.2) is 94.9 Å². The summed E-state index contributed by atoms with van der Waals surface area (Å²) in [7, 11) is 9.04. The number of hydrogen-bond donors (Lipinski definition) is 3. The fourth-order valence-electron chi connectivity index (χ4n) is 8.45. The summed E-state index contributed by atoms with van der Waals surface area (Å²) in [5.74, 6) is -0.258. The maximum atomic E-state index is 13.6. The van der Waals surface area contributed by atoms with Gasteiger partial charge in [-0.2, -0.15) is 0 Å². The first-order chi connectivity index (χ1) is 27.1. The van der Waals surface area contributed by atoms with E-state index in [1.807, 2.05) is 89.4 Å². The predicted molar refractivity (Wildman–Crippen MR) is 229 cm³/mol. The number of hydrogen-bond acceptors (Lipinski definition) is 11. The Morgan fingerprint density at radius 2 is 1.68 bits per heavy atom. The molecule has 1 aliphatic heterocycles. The van der Waals surface area contributed by atoms with Crippen molar-refractivity contribution < 1.29 is 43.8 Å². The summed E-state index contributed by atoms with van der Waals surface area (Å²) in [5, 5.41) is 33.9. The molecule has 10 atom stereocenters. The second kappa shape index (κ2) is 18.1. The van der Waals surface area contributed by atoms with Crippen molar-refractivity contribution in [3.05, 3.63) is 71.2 Å². The van der Waals surface area contributed by atoms with Gasteiger partial charge < -0.3 is 39.0 Å². The second-order valence-corrected chi connectivity index (χ2v) is 15.8. The SMILES string of the molecule is COc1c(C)c2c(c3c1c(O)c(N=C(P)/C(C)=C\C=C\[C@H](C)[C@H](OC)[C@@H](C)[C@@H](O)[C@@H](C)[C@H](OC)[C@H](C)[C@H](/C=C/O)OC)c1c3nc3cc(C)ccn31)C(=O)[C@H](C)O2. The zero-order chi connectivity index (χ0) is 42.0. The van der Waals surface area contributed by atoms with Crippen LogP contribution in [0.4, 0.5) is 5.69 Å². The molecular formula is C44H58N3O9P. The van der Waals surface area contributed by atoms with Crippen molar-refractivity contribution in [2.75, 3.05) is 28.4 Å². The number of fused-ring (bicyclic) bond motifs is 7. The van der Waals surface area contributed by atoms with Gasteiger partial charge in [0, 0.05) is 62.1 Å². The number of benzene rings is 2. The number of phenols is 1. The van der Waals surface area contributed by atoms with Crippen LogP contribution in [0, 0.1) is 37.5 Å². The van der Waals surface area contributed by atoms with E-state index >= 15 is 0 Å². The van der Waals surface area contributed by atoms with Gasteiger partial charge in [0.25, 0.3) is 0 Å². The number of nitrogens with zero attached hydrogens (tertiary/aromatic N) is 3. The number of aliphatic hydroxyl groups excluding tert-OH is 2. The number of Topliss-reactive ketones (excluding diaryl/α,β-unsaturated/α-hetero) is 1. The van der Waals surface area contributed by atoms with E-state index in [1.54, 1.807) is 34.3 Å². The molecule has 1 aliphatic rings. The normalized spacial score (nSPS) is 19.6. The monoisotopic (exact) mass is 803 g/mol. The number of rotatable bonds is 16. The lowest BCUT2D eigenvalue weighted by Crippen LogP contribution is -2.46. The maximum Gasteiger partial charge on any atom is 0.207 e. The van der Waals surface area contributed by atoms with Crippen molar-refractivity contribution in [2.24, 2.45) is 28.7 Å². The zero-order valence-electron chi connectivity index (χ0n) is 35.0. The third-order valence-electron chi connectivity index (χ3n) is 11.6. The molecule has 0 fully saturated rings. The average Bonchev–Trinajstić information content (AvgIpc) is 3.71. The lowest BCUT2D eigenvalue weighted by atomic mass is 9.78. The van der Waals surface area contributed by atoms with Crippen molar-refractivity contribution in [1.82, 2.24) is 9.38 Å². The molecule has 0 saturated carbocycles. The maximum absolute atomic E-state index is 13.6. The summed E-state index contributed by atoms with van der Waals surface area (Å²) in [4.78, 5) is 23.6. The molecule has 12 nitrogen and oxygen atoms in total. The summed E-state index contributed by atoms with van der Waals surface area (Å²) in [5.41, 5.74) is 5.35. The van der Waals surface area contributed by atoms with Crippen LogP contribution in [0.1, 0.15) is 63.0 Å². The van der Waals surface area contributed by atoms with Gasteiger partial charge in [-0.3, -0.25) is 9.20 Å². The smallest absolute Gasteiger partial charge is 0.207 e. The highest BCUT2D eigenvalue weighted by Crippen LogP contribution is 2.53. The third-order valence-corrected chi connectivity index (χ3v) is 12.2. The van der Waals surface area contributed by atoms with Crippen molar-refractivity contribution in [2.45, 2.75) is 85.9 Å². The number of ketones is 1. The van der Waals surface area contributed by atoms with Gasteiger partial charge in [-0.25, -0.2) is 9.98 Å². The number of carbonyl (C=O) groups excluding carboxylic acids is 1. The number of allylic oxidation sites excluding steroid dienone is 3. The van der Waals surface area contributed by atoms with Gasteiger partial charge in [0.15, 0.2) is 11.9 Å². The number of aliphatic hydroxyl groups is 2. The number of phenolic OH excluding ortho intramolecular Hbond substituents is 1. The minimum Gasteiger partial charge on any atom is -0.516 e. The van der Waals surface area contributed by atoms with Crippen LogP contribution < -0.4 is 9.47 Å². The number of methoxy groups -OCH3 is 4. The number of pyridine rings is 1. The van der Waals surface area contributed by atoms with Crippen LogP contribution in [0.25, 0.3) is 27.5 Å². The number of imidazole rings is 1. The van der Waals surface area contributed by atoms with Crippen LogP contribution in [0.2, 0.25) is 0 Å². The molecule has 308 valence electrons. The molecule has 2 aromatic heterocycles. The number of aromatic nitrogens is 2. The van der Waals surface area contributed by atoms with E-state index in [0.29, 0.717) is 55.5 Å². The van der Waals surface area contributed by atoms with Crippen molar-refractivity contribution in [3.63, 3.8) is 0 Å². The van der Waals surface area contributed by atoms with Crippen LogP contribution in [-0.2, 0) is 14.2 Å². The molecule has 0 bridgehead atoms. The van der Waals surface area contributed by atoms with Crippen LogP contribution in [0.15, 0.2) is 59.5 Å². The standard InChI is InChI=1S/C44H58N3O9P/c1-21-16-18-47-30(20-21)45-34-31-32-38(50)28(8)56-43(32)27(7)42(55-12)33(31)39(51)35(36(34)47)46-44(57)23(3)15-13-14-22(2)40(53-10)25(5)37(49)26(6)41(54-11)24(4)29(52-9)17-19-48/h13-20,22,24-26,28-29,37,40-41,48-49,51H,57H2,1-12H3/b14-13+,19-17+,23-15-,46-44?/t22-,24+,25-,26+,28-,29-,37+,40-,41+/m0/s1. The van der Waals surface area contributed by atoms with Crippen molar-refractivity contribution >= 4 is 53.6 Å². The first kappa shape index (κ1) is 43.8. The zero-order valence-corrected chi connectivity index (χ0v) is 36.2. The molecule has 0 spiro atoms. The molecule has 0 radical (unpaired) electrons. The summed E-state index contributed by atoms with van der Waals surface area (Å²) in [6.45, 7) is 15.4. The van der Waals surface area contributed by atoms with E-state index in [0.717, 1.165) is 17.4 Å². The van der Waals surface area contributed by atoms with Crippen LogP contribution in [0.5, 0.6) is 17.2 Å². The Morgan fingerprint density at radius 1 is 1.02 bits per heavy atom. The Balaban J connectivity index is 1.51. The van der Waals surface area contributed by atoms with E-state index in [2.05, 4.69) is 9.24 Å². The van der Waals surface area contributed by atoms with Gasteiger partial charge in [0.2, 0.25) is 5.78 Å². The molecule has 0 amide bonds. The van der Waals surface area contributed by atoms with E-state index in [4.69, 9.17) is 33.7 Å². The number of aliphatic imine (C=N–C) groups is 1. The molecule has 3 heterocycles. The highest BCUT2D eigenvalue weighted by Gasteiger charge is 2.39. The van der Waals surface area contributed by atoms with Crippen LogP contribution >= 0.6 is 9.24 Å². The molecule has 57 heavy (non-hydrogen) atoms. The molecule has 5 rings (SSSR count). The Bertz CT molecular complexity index is 2260. The Hall–Kier alpha value is -4.32. The van der Waals surface area contributed by atoms with E-state index in [-0.39, 0.29) is 59.2 Å². The first-order valence-electron chi connectivity index (χ1n) is 19.2. The van der Waals surface area contributed by atoms with E-state index in [1.165, 1.54) is 7.11 Å². The minimum absolute atomic E-state index is 0.0825. The second-order valence-electron chi connectivity index (χ2n) is 15.3.